The van der Waals surface area contributed by atoms with E-state index in [1.165, 1.54) is 53.5 Å². The molecule has 0 N–H and O–H groups in total. The number of para-hydroxylation sites is 3. The van der Waals surface area contributed by atoms with Crippen LogP contribution in [0.5, 0.6) is 0 Å². The molecule has 0 fully saturated rings. The van der Waals surface area contributed by atoms with Crippen molar-refractivity contribution in [3.05, 3.63) is 246 Å². The minimum absolute atomic E-state index is 0.554. The molecule has 0 bridgehead atoms. The minimum Gasteiger partial charge on any atom is -0.309 e. The van der Waals surface area contributed by atoms with Crippen molar-refractivity contribution in [2.24, 2.45) is 0 Å². The van der Waals surface area contributed by atoms with E-state index in [1.807, 2.05) is 60.6 Å². The Morgan fingerprint density at radius 3 is 1.52 bits per heavy atom. The summed E-state index contributed by atoms with van der Waals surface area (Å²) in [6, 6.07) is 67.1. The monoisotopic (exact) mass is 895 g/mol. The number of benzene rings is 8. The second-order valence-corrected chi connectivity index (χ2v) is 19.0. The van der Waals surface area contributed by atoms with Gasteiger partial charge in [0.1, 0.15) is 0 Å². The van der Waals surface area contributed by atoms with Crippen molar-refractivity contribution in [2.75, 3.05) is 0 Å². The van der Waals surface area contributed by atoms with Crippen LogP contribution in [0.25, 0.3) is 104 Å². The molecule has 0 radical (unpaired) electrons. The SMILES string of the molecule is [C-]#[N+]c1ccc2c(c1)c1cc([N+]#[C-])ccc1n2-c1cnc2c(c1)C1(c3ccccc3Sc3ccc(-n4c5ccccc5c5cc(-n6c7ccccc7c7ccccc76)ccc54)cc31)c1cccnc1-2. The molecule has 1 atom stereocenters. The van der Waals surface area contributed by atoms with Gasteiger partial charge in [-0.25, -0.2) is 9.69 Å². The number of fused-ring (bicyclic) bond motifs is 18. The first-order valence-electron chi connectivity index (χ1n) is 22.9. The third-order valence-corrected chi connectivity index (χ3v) is 15.7. The normalized spacial score (nSPS) is 14.6. The predicted molar refractivity (Wildman–Crippen MR) is 279 cm³/mol. The van der Waals surface area contributed by atoms with E-state index in [2.05, 4.69) is 175 Å². The molecule has 6 heterocycles. The summed E-state index contributed by atoms with van der Waals surface area (Å²) in [4.78, 5) is 20.4. The highest BCUT2D eigenvalue weighted by atomic mass is 32.2. The molecule has 8 heteroatoms. The summed E-state index contributed by atoms with van der Waals surface area (Å²) in [5.41, 5.74) is 16.2. The van der Waals surface area contributed by atoms with E-state index in [1.54, 1.807) is 0 Å². The maximum Gasteiger partial charge on any atom is 0.188 e. The largest absolute Gasteiger partial charge is 0.309 e. The summed E-state index contributed by atoms with van der Waals surface area (Å²) in [6.07, 6.45) is 3.83. The second-order valence-electron chi connectivity index (χ2n) is 17.9. The average molecular weight is 896 g/mol. The number of rotatable bonds is 3. The molecule has 1 aliphatic heterocycles. The van der Waals surface area contributed by atoms with Crippen LogP contribution in [0.4, 0.5) is 11.4 Å². The molecule has 2 aliphatic rings. The van der Waals surface area contributed by atoms with Crippen molar-refractivity contribution in [1.82, 2.24) is 23.7 Å². The number of pyridine rings is 2. The third kappa shape index (κ3) is 5.00. The van der Waals surface area contributed by atoms with E-state index < -0.39 is 5.41 Å². The van der Waals surface area contributed by atoms with Gasteiger partial charge in [-0.1, -0.05) is 103 Å². The Morgan fingerprint density at radius 2 is 0.855 bits per heavy atom. The van der Waals surface area contributed by atoms with Crippen molar-refractivity contribution in [3.8, 4) is 28.5 Å². The summed E-state index contributed by atoms with van der Waals surface area (Å²) in [5, 5.41) is 6.70. The van der Waals surface area contributed by atoms with Gasteiger partial charge in [0.2, 0.25) is 0 Å². The lowest BCUT2D eigenvalue weighted by atomic mass is 9.67. The van der Waals surface area contributed by atoms with Crippen molar-refractivity contribution in [3.63, 3.8) is 0 Å². The average Bonchev–Trinajstić information content (AvgIpc) is 4.12. The van der Waals surface area contributed by atoms with Crippen molar-refractivity contribution in [2.45, 2.75) is 15.2 Å². The minimum atomic E-state index is -0.773. The van der Waals surface area contributed by atoms with Crippen LogP contribution in [0.15, 0.2) is 210 Å². The third-order valence-electron chi connectivity index (χ3n) is 14.6. The first-order valence-corrected chi connectivity index (χ1v) is 23.7. The highest BCUT2D eigenvalue weighted by molar-refractivity contribution is 7.99. The number of aromatic nitrogens is 5. The van der Waals surface area contributed by atoms with Gasteiger partial charge in [-0.3, -0.25) is 9.97 Å². The zero-order chi connectivity index (χ0) is 45.5. The Morgan fingerprint density at radius 1 is 0.377 bits per heavy atom. The topological polar surface area (TPSA) is 49.3 Å². The molecule has 69 heavy (non-hydrogen) atoms. The fourth-order valence-corrected chi connectivity index (χ4v) is 13.0. The first-order chi connectivity index (χ1) is 34.1. The van der Waals surface area contributed by atoms with Crippen LogP contribution in [0, 0.1) is 13.1 Å². The molecule has 1 unspecified atom stereocenters. The lowest BCUT2D eigenvalue weighted by molar-refractivity contribution is 0.717. The van der Waals surface area contributed by atoms with Crippen molar-refractivity contribution < 1.29 is 0 Å². The van der Waals surface area contributed by atoms with Gasteiger partial charge in [-0.15, -0.1) is 0 Å². The van der Waals surface area contributed by atoms with Gasteiger partial charge in [0.05, 0.1) is 74.9 Å². The summed E-state index contributed by atoms with van der Waals surface area (Å²) in [5.74, 6) is 0. The Balaban J connectivity index is 0.988. The summed E-state index contributed by atoms with van der Waals surface area (Å²) < 4.78 is 7.06. The Kier molecular flexibility index (Phi) is 7.65. The Labute approximate surface area is 399 Å². The van der Waals surface area contributed by atoms with Gasteiger partial charge in [-0.05, 0) is 125 Å². The Hall–Kier alpha value is -9.21. The lowest BCUT2D eigenvalue weighted by Crippen LogP contribution is -2.32. The van der Waals surface area contributed by atoms with E-state index in [4.69, 9.17) is 23.1 Å². The first kappa shape index (κ1) is 38.0. The maximum atomic E-state index is 7.83. The molecular weight excluding hydrogens is 863 g/mol. The lowest BCUT2D eigenvalue weighted by Gasteiger charge is -2.39. The van der Waals surface area contributed by atoms with Gasteiger partial charge in [-0.2, -0.15) is 0 Å². The summed E-state index contributed by atoms with van der Waals surface area (Å²) in [6.45, 7) is 15.7. The number of hydrogen-bond donors (Lipinski definition) is 0. The fraction of sp³-hybridized carbons (Fsp3) is 0.0164. The van der Waals surface area contributed by atoms with E-state index >= 15 is 0 Å². The van der Waals surface area contributed by atoms with Gasteiger partial charge in [0, 0.05) is 54.5 Å². The van der Waals surface area contributed by atoms with Crippen LogP contribution in [0.3, 0.4) is 0 Å². The summed E-state index contributed by atoms with van der Waals surface area (Å²) >= 11 is 1.81. The van der Waals surface area contributed by atoms with Gasteiger partial charge in [0.25, 0.3) is 0 Å². The standard InChI is InChI=1S/C61H33N7S/c1-62-36-21-25-54-44(30-36)45-31-37(63-2)22-26-55(45)68(54)40-34-50-60(65-35-40)59-48(16-11-29-64-59)61(50)47-15-6-10-20-57(47)69-58-28-24-39(33-49(58)61)67-53-19-9-5-14-43(53)46-32-38(23-27-56(46)67)66-51-17-7-3-12-41(51)42-13-4-8-18-52(42)66/h3-35H. The molecule has 0 amide bonds. The van der Waals surface area contributed by atoms with Crippen LogP contribution < -0.4 is 0 Å². The van der Waals surface area contributed by atoms with Crippen LogP contribution in [0.2, 0.25) is 0 Å². The molecule has 318 valence electrons. The molecule has 1 aliphatic carbocycles. The smallest absolute Gasteiger partial charge is 0.188 e. The van der Waals surface area contributed by atoms with Crippen molar-refractivity contribution in [1.29, 1.82) is 0 Å². The molecule has 0 saturated carbocycles. The van der Waals surface area contributed by atoms with E-state index in [0.29, 0.717) is 11.4 Å². The number of nitrogens with zero attached hydrogens (tertiary/aromatic N) is 7. The van der Waals surface area contributed by atoms with Gasteiger partial charge >= 0.3 is 0 Å². The zero-order valence-electron chi connectivity index (χ0n) is 36.6. The van der Waals surface area contributed by atoms with E-state index in [-0.39, 0.29) is 0 Å². The van der Waals surface area contributed by atoms with Crippen molar-refractivity contribution >= 4 is 88.6 Å². The molecule has 15 rings (SSSR count). The van der Waals surface area contributed by atoms with Crippen LogP contribution in [-0.4, -0.2) is 23.7 Å². The molecule has 0 saturated heterocycles. The van der Waals surface area contributed by atoms with E-state index in [9.17, 15) is 0 Å². The Bertz CT molecular complexity index is 4390. The van der Waals surface area contributed by atoms with Crippen LogP contribution in [0.1, 0.15) is 22.3 Å². The van der Waals surface area contributed by atoms with E-state index in [0.717, 1.165) is 72.4 Å². The zero-order valence-corrected chi connectivity index (χ0v) is 37.4. The highest BCUT2D eigenvalue weighted by Crippen LogP contribution is 2.62. The fourth-order valence-electron chi connectivity index (χ4n) is 11.8. The second kappa shape index (κ2) is 13.9. The van der Waals surface area contributed by atoms with Crippen LogP contribution in [-0.2, 0) is 5.41 Å². The predicted octanol–water partition coefficient (Wildman–Crippen LogP) is 15.7. The highest BCUT2D eigenvalue weighted by Gasteiger charge is 2.52. The summed E-state index contributed by atoms with van der Waals surface area (Å²) in [7, 11) is 0. The quantitative estimate of drug-likeness (QED) is 0.166. The molecule has 1 spiro atoms. The molecule has 8 aromatic carbocycles. The number of hydrogen-bond acceptors (Lipinski definition) is 3. The molecule has 13 aromatic rings. The molecule has 5 aromatic heterocycles. The maximum absolute atomic E-state index is 7.83. The van der Waals surface area contributed by atoms with Gasteiger partial charge < -0.3 is 13.7 Å². The van der Waals surface area contributed by atoms with Crippen LogP contribution >= 0.6 is 11.8 Å². The van der Waals surface area contributed by atoms with Gasteiger partial charge in [0.15, 0.2) is 11.4 Å². The molecule has 7 nitrogen and oxygen atoms in total. The molecular formula is C61H33N7S.